The highest BCUT2D eigenvalue weighted by Gasteiger charge is 2.73. The smallest absolute Gasteiger partial charge is 0.411 e. The molecule has 6 atom stereocenters. The number of rotatable bonds is 6. The number of carbonyl (C=O) groups excluding carboxylic acids is 5. The summed E-state index contributed by atoms with van der Waals surface area (Å²) in [6.07, 6.45) is -3.33. The van der Waals surface area contributed by atoms with E-state index in [-0.39, 0.29) is 26.1 Å². The van der Waals surface area contributed by atoms with Gasteiger partial charge in [-0.25, -0.2) is 4.79 Å². The van der Waals surface area contributed by atoms with Crippen LogP contribution in [0.2, 0.25) is 0 Å². The van der Waals surface area contributed by atoms with Crippen molar-refractivity contribution in [3.05, 3.63) is 0 Å². The Labute approximate surface area is 196 Å². The number of aliphatic hydroxyl groups excluding tert-OH is 2. The lowest BCUT2D eigenvalue weighted by molar-refractivity contribution is -0.175. The van der Waals surface area contributed by atoms with Crippen LogP contribution in [0, 0.1) is 5.41 Å². The summed E-state index contributed by atoms with van der Waals surface area (Å²) < 4.78 is 5.48. The van der Waals surface area contributed by atoms with Gasteiger partial charge in [-0.2, -0.15) is 0 Å². The summed E-state index contributed by atoms with van der Waals surface area (Å²) in [5.74, 6) is -2.92. The number of nitrogens with two attached hydrogens (primary N) is 2. The van der Waals surface area contributed by atoms with E-state index in [9.17, 15) is 34.2 Å². The van der Waals surface area contributed by atoms with Crippen LogP contribution in [-0.2, 0) is 23.9 Å². The van der Waals surface area contributed by atoms with Crippen molar-refractivity contribution in [2.75, 3.05) is 19.6 Å². The minimum Gasteiger partial charge on any atom is -0.444 e. The van der Waals surface area contributed by atoms with E-state index in [2.05, 4.69) is 0 Å². The van der Waals surface area contributed by atoms with Gasteiger partial charge in [0, 0.05) is 13.1 Å². The summed E-state index contributed by atoms with van der Waals surface area (Å²) in [6, 6.07) is -2.54. The molecule has 13 heteroatoms. The third-order valence-electron chi connectivity index (χ3n) is 6.67. The second-order valence-corrected chi connectivity index (χ2v) is 10.6. The second-order valence-electron chi connectivity index (χ2n) is 10.6. The zero-order chi connectivity index (χ0) is 26.0. The van der Waals surface area contributed by atoms with Crippen molar-refractivity contribution < 1.29 is 38.9 Å². The predicted molar refractivity (Wildman–Crippen MR) is 115 cm³/mol. The highest BCUT2D eigenvalue weighted by Crippen LogP contribution is 2.53. The average molecular weight is 484 g/mol. The first-order valence-electron chi connectivity index (χ1n) is 11.0. The van der Waals surface area contributed by atoms with Gasteiger partial charge >= 0.3 is 6.09 Å². The standard InChI is InChI=1S/C21H33N5O8/c1-10(27)12(14(22)29)24-7-20(16(24)31)6-21(26(8-20)18(33)34-19(3,4)5)9-25(17(21)32)13(11(2)28)15(23)30/h10-13,27-28H,6-9H2,1-5H3,(H2,22,29)(H2,23,30)/t10-,11-,12+,13+,20?,21-/m1/s1. The van der Waals surface area contributed by atoms with Crippen LogP contribution in [0.25, 0.3) is 0 Å². The first-order valence-corrected chi connectivity index (χ1v) is 11.0. The second kappa shape index (κ2) is 8.08. The van der Waals surface area contributed by atoms with Crippen LogP contribution in [-0.4, -0.2) is 110 Å². The number of hydrogen-bond acceptors (Lipinski definition) is 8. The van der Waals surface area contributed by atoms with E-state index < -0.39 is 70.6 Å². The van der Waals surface area contributed by atoms with Crippen molar-refractivity contribution in [2.45, 2.75) is 76.5 Å². The fourth-order valence-electron chi connectivity index (χ4n) is 5.33. The zero-order valence-corrected chi connectivity index (χ0v) is 20.0. The number of amides is 5. The molecule has 3 aliphatic heterocycles. The molecular formula is C21H33N5O8. The monoisotopic (exact) mass is 483 g/mol. The van der Waals surface area contributed by atoms with Gasteiger partial charge in [-0.1, -0.05) is 0 Å². The SMILES string of the molecule is C[C@@H](O)[C@@H](C(N)=O)N1CC2(CN(C(=O)OC(C)(C)C)[C@@]3(CN([C@H](C(N)=O)[C@@H](C)O)C3=O)C2)C1=O. The molecule has 190 valence electrons. The Balaban J connectivity index is 1.93. The Morgan fingerprint density at radius 3 is 1.74 bits per heavy atom. The van der Waals surface area contributed by atoms with Crippen molar-refractivity contribution in [3.63, 3.8) is 0 Å². The third-order valence-corrected chi connectivity index (χ3v) is 6.67. The van der Waals surface area contributed by atoms with E-state index in [1.807, 2.05) is 0 Å². The number of hydrogen-bond donors (Lipinski definition) is 4. The summed E-state index contributed by atoms with van der Waals surface area (Å²) in [7, 11) is 0. The molecule has 3 aliphatic rings. The minimum atomic E-state index is -1.47. The lowest BCUT2D eigenvalue weighted by Gasteiger charge is -2.54. The van der Waals surface area contributed by atoms with Crippen molar-refractivity contribution in [3.8, 4) is 0 Å². The predicted octanol–water partition coefficient (Wildman–Crippen LogP) is -2.49. The summed E-state index contributed by atoms with van der Waals surface area (Å²) >= 11 is 0. The molecule has 3 saturated heterocycles. The lowest BCUT2D eigenvalue weighted by atomic mass is 9.70. The molecule has 6 N–H and O–H groups in total. The minimum absolute atomic E-state index is 0.00564. The van der Waals surface area contributed by atoms with Gasteiger partial charge < -0.3 is 36.2 Å². The maximum atomic E-state index is 13.4. The Morgan fingerprint density at radius 2 is 1.38 bits per heavy atom. The maximum Gasteiger partial charge on any atom is 0.411 e. The van der Waals surface area contributed by atoms with E-state index in [0.29, 0.717) is 0 Å². The molecule has 0 aromatic heterocycles. The van der Waals surface area contributed by atoms with Crippen molar-refractivity contribution in [1.29, 1.82) is 0 Å². The fourth-order valence-corrected chi connectivity index (χ4v) is 5.33. The van der Waals surface area contributed by atoms with Crippen LogP contribution in [0.3, 0.4) is 0 Å². The third kappa shape index (κ3) is 3.86. The van der Waals surface area contributed by atoms with Gasteiger partial charge in [-0.15, -0.1) is 0 Å². The number of aliphatic hydroxyl groups is 2. The van der Waals surface area contributed by atoms with Crippen LogP contribution in [0.15, 0.2) is 0 Å². The van der Waals surface area contributed by atoms with Crippen LogP contribution < -0.4 is 11.5 Å². The molecule has 0 aromatic rings. The number of ether oxygens (including phenoxy) is 1. The van der Waals surface area contributed by atoms with Crippen LogP contribution in [0.5, 0.6) is 0 Å². The Hall–Kier alpha value is -2.93. The van der Waals surface area contributed by atoms with Crippen LogP contribution in [0.4, 0.5) is 4.79 Å². The lowest BCUT2D eigenvalue weighted by Crippen LogP contribution is -2.77. The van der Waals surface area contributed by atoms with E-state index in [4.69, 9.17) is 16.2 Å². The van der Waals surface area contributed by atoms with E-state index in [0.717, 1.165) is 9.80 Å². The molecule has 0 aromatic carbocycles. The molecule has 3 fully saturated rings. The van der Waals surface area contributed by atoms with Crippen molar-refractivity contribution in [2.24, 2.45) is 16.9 Å². The van der Waals surface area contributed by atoms with Gasteiger partial charge in [-0.05, 0) is 41.0 Å². The van der Waals surface area contributed by atoms with E-state index >= 15 is 0 Å². The molecule has 34 heavy (non-hydrogen) atoms. The molecule has 1 unspecified atom stereocenters. The summed E-state index contributed by atoms with van der Waals surface area (Å²) in [5.41, 5.74) is 7.19. The summed E-state index contributed by atoms with van der Waals surface area (Å²) in [6.45, 7) is 7.34. The van der Waals surface area contributed by atoms with Crippen molar-refractivity contribution in [1.82, 2.24) is 14.7 Å². The summed E-state index contributed by atoms with van der Waals surface area (Å²) in [4.78, 5) is 66.8. The number of β-lactam (4-membered cyclic amide) rings is 2. The number of likely N-dealkylation sites (tertiary alicyclic amines) is 3. The quantitative estimate of drug-likeness (QED) is 0.297. The Bertz CT molecular complexity index is 931. The summed E-state index contributed by atoms with van der Waals surface area (Å²) in [5, 5.41) is 19.9. The average Bonchev–Trinajstić information content (AvgIpc) is 3.04. The zero-order valence-electron chi connectivity index (χ0n) is 20.0. The molecule has 0 bridgehead atoms. The number of primary amides is 2. The fraction of sp³-hybridized carbons (Fsp3) is 0.762. The van der Waals surface area contributed by atoms with Gasteiger partial charge in [0.1, 0.15) is 23.2 Å². The molecule has 0 radical (unpaired) electrons. The molecule has 5 amide bonds. The van der Waals surface area contributed by atoms with Crippen LogP contribution >= 0.6 is 0 Å². The Morgan fingerprint density at radius 1 is 0.912 bits per heavy atom. The highest BCUT2D eigenvalue weighted by atomic mass is 16.6. The van der Waals surface area contributed by atoms with Crippen molar-refractivity contribution >= 4 is 29.7 Å². The molecule has 0 aliphatic carbocycles. The van der Waals surface area contributed by atoms with Gasteiger partial charge in [0.25, 0.3) is 5.91 Å². The molecule has 0 saturated carbocycles. The maximum absolute atomic E-state index is 13.4. The molecule has 3 heterocycles. The first-order chi connectivity index (χ1) is 15.5. The largest absolute Gasteiger partial charge is 0.444 e. The van der Waals surface area contributed by atoms with Gasteiger partial charge in [-0.3, -0.25) is 24.1 Å². The number of nitrogens with zero attached hydrogens (tertiary/aromatic N) is 3. The van der Waals surface area contributed by atoms with Gasteiger partial charge in [0.15, 0.2) is 0 Å². The number of carbonyl (C=O) groups is 5. The molecular weight excluding hydrogens is 450 g/mol. The van der Waals surface area contributed by atoms with Gasteiger partial charge in [0.05, 0.1) is 24.2 Å². The Kier molecular flexibility index (Phi) is 6.11. The topological polar surface area (TPSA) is 197 Å². The van der Waals surface area contributed by atoms with Gasteiger partial charge in [0.2, 0.25) is 17.7 Å². The highest BCUT2D eigenvalue weighted by molar-refractivity contribution is 6.03. The molecule has 2 spiro atoms. The van der Waals surface area contributed by atoms with E-state index in [1.54, 1.807) is 20.8 Å². The molecule has 3 rings (SSSR count). The normalized spacial score (nSPS) is 30.0. The first kappa shape index (κ1) is 25.7. The molecule has 13 nitrogen and oxygen atoms in total. The van der Waals surface area contributed by atoms with Crippen LogP contribution in [0.1, 0.15) is 41.0 Å². The van der Waals surface area contributed by atoms with E-state index in [1.165, 1.54) is 18.7 Å².